The molecule has 0 spiro atoms. The molecule has 86 heavy (non-hydrogen) atoms. The fourth-order valence-corrected chi connectivity index (χ4v) is 20.4. The second-order valence-corrected chi connectivity index (χ2v) is 29.8. The first kappa shape index (κ1) is 68.0. The Morgan fingerprint density at radius 2 is 1.01 bits per heavy atom. The van der Waals surface area contributed by atoms with Crippen molar-refractivity contribution in [3.8, 4) is 0 Å². The zero-order chi connectivity index (χ0) is 62.5. The fourth-order valence-electron chi connectivity index (χ4n) is 20.4. The zero-order valence-electron chi connectivity index (χ0n) is 52.6. The highest BCUT2D eigenvalue weighted by atomic mass is 16.5. The molecule has 18 nitrogen and oxygen atoms in total. The Morgan fingerprint density at radius 3 is 1.44 bits per heavy atom. The third-order valence-corrected chi connectivity index (χ3v) is 25.3. The Balaban J connectivity index is 0.000000230. The Kier molecular flexibility index (Phi) is 22.9. The molecule has 1 aromatic rings. The summed E-state index contributed by atoms with van der Waals surface area (Å²) in [7, 11) is 0. The number of carbonyl (C=O) groups excluding carboxylic acids is 3. The first-order valence-corrected chi connectivity index (χ1v) is 33.5. The summed E-state index contributed by atoms with van der Waals surface area (Å²) in [5, 5.41) is 94.4. The van der Waals surface area contributed by atoms with E-state index >= 15 is 0 Å². The second-order valence-electron chi connectivity index (χ2n) is 29.8. The van der Waals surface area contributed by atoms with E-state index in [0.717, 1.165) is 89.0 Å². The van der Waals surface area contributed by atoms with E-state index in [1.807, 2.05) is 30.3 Å². The van der Waals surface area contributed by atoms with Gasteiger partial charge in [-0.05, 0) is 246 Å². The molecule has 1 aromatic carbocycles. The molecule has 8 aliphatic carbocycles. The van der Waals surface area contributed by atoms with Crippen LogP contribution in [0.4, 0.5) is 4.79 Å². The first-order chi connectivity index (χ1) is 40.8. The number of alkyl carbamates (subject to hydrolysis) is 1. The lowest BCUT2D eigenvalue weighted by Gasteiger charge is -2.63. The maximum absolute atomic E-state index is 12.9. The molecule has 3 amide bonds. The number of ether oxygens (including phenoxy) is 1. The molecule has 0 aromatic heterocycles. The van der Waals surface area contributed by atoms with Crippen LogP contribution in [0.15, 0.2) is 30.3 Å². The van der Waals surface area contributed by atoms with Crippen LogP contribution in [0.5, 0.6) is 0 Å². The molecule has 4 unspecified atom stereocenters. The molecular formula is C68H110N4O14. The van der Waals surface area contributed by atoms with Crippen molar-refractivity contribution in [3.63, 3.8) is 0 Å². The predicted octanol–water partition coefficient (Wildman–Crippen LogP) is 8.09. The minimum atomic E-state index is -1.08. The van der Waals surface area contributed by atoms with Crippen molar-refractivity contribution in [2.75, 3.05) is 13.1 Å². The van der Waals surface area contributed by atoms with Gasteiger partial charge in [0.1, 0.15) is 18.7 Å². The highest BCUT2D eigenvalue weighted by Crippen LogP contribution is 2.70. The maximum Gasteiger partial charge on any atom is 0.407 e. The van der Waals surface area contributed by atoms with Crippen molar-refractivity contribution in [3.05, 3.63) is 35.9 Å². The van der Waals surface area contributed by atoms with E-state index in [4.69, 9.17) is 10.5 Å². The zero-order valence-corrected chi connectivity index (χ0v) is 52.6. The van der Waals surface area contributed by atoms with Crippen LogP contribution in [0.25, 0.3) is 0 Å². The molecule has 0 heterocycles. The molecule has 13 N–H and O–H groups in total. The fraction of sp³-hybridized carbons (Fsp3) is 0.838. The average Bonchev–Trinajstić information content (AvgIpc) is 1.33. The molecule has 9 rings (SSSR count). The number of rotatable bonds is 23. The average molecular weight is 1210 g/mol. The normalized spacial score (nSPS) is 40.0. The number of carbonyl (C=O) groups is 5. The molecule has 0 bridgehead atoms. The maximum atomic E-state index is 12.9. The van der Waals surface area contributed by atoms with Crippen molar-refractivity contribution < 1.29 is 69.6 Å². The van der Waals surface area contributed by atoms with E-state index in [1.54, 1.807) is 0 Å². The van der Waals surface area contributed by atoms with Crippen molar-refractivity contribution in [1.82, 2.24) is 16.0 Å². The van der Waals surface area contributed by atoms with Gasteiger partial charge in [-0.15, -0.1) is 0 Å². The van der Waals surface area contributed by atoms with E-state index in [-0.39, 0.29) is 137 Å². The van der Waals surface area contributed by atoms with Crippen LogP contribution in [0.1, 0.15) is 201 Å². The largest absolute Gasteiger partial charge is 0.480 e. The van der Waals surface area contributed by atoms with Gasteiger partial charge in [0, 0.05) is 19.4 Å². The number of hydrogen-bond donors (Lipinski definition) is 12. The van der Waals surface area contributed by atoms with Crippen LogP contribution in [0.3, 0.4) is 0 Å². The molecule has 8 aliphatic rings. The van der Waals surface area contributed by atoms with Gasteiger partial charge in [0.15, 0.2) is 0 Å². The van der Waals surface area contributed by atoms with Gasteiger partial charge in [0.25, 0.3) is 0 Å². The number of hydrogen-bond acceptors (Lipinski definition) is 13. The molecule has 0 radical (unpaired) electrons. The Bertz CT molecular complexity index is 2440. The van der Waals surface area contributed by atoms with E-state index in [0.29, 0.717) is 70.4 Å². The Hall–Kier alpha value is -3.91. The highest BCUT2D eigenvalue weighted by Gasteiger charge is 2.67. The van der Waals surface area contributed by atoms with Crippen LogP contribution in [-0.4, -0.2) is 132 Å². The monoisotopic (exact) mass is 1210 g/mol. The first-order valence-electron chi connectivity index (χ1n) is 33.5. The van der Waals surface area contributed by atoms with E-state index in [2.05, 4.69) is 57.5 Å². The minimum absolute atomic E-state index is 0.0266. The minimum Gasteiger partial charge on any atom is -0.480 e. The number of unbranched alkanes of at least 4 members (excludes halogenated alkanes) is 2. The number of benzene rings is 1. The standard InChI is InChI=1S/C38H58N2O8.C30H52N2O6/c1-23(12-15-33(44)40-30(35(45)46)11-7-8-18-39-36(47)48-22-24-9-5-4-6-10-24)27-13-14-28-34-29(21-32(43)38(27,28)3)37(2)17-16-26(41)19-25(37)20-31(34)42;1-17(7-10-26(36)32-23(28(37)38)6-4-5-13-31)20-8-9-21-27-22(16-25(35)30(20,21)3)29(2)12-11-19(33)14-18(29)15-24(27)34/h4-6,9-10,23,25-32,34,41-43H,7-8,11-22H2,1-3H3,(H,39,47)(H,40,44)(H,45,46);17-25,27,33-35H,4-16,31H2,1-3H3,(H,32,36)(H,37,38)/t23-,25+,26-,27-,28?,29+,30?,31-,32+,34+,37+,38-;17-,18+,19-,20-,21?,22+,23?,24-,25+,27+,29+,30-/m11/s1. The van der Waals surface area contributed by atoms with Crippen LogP contribution in [0.2, 0.25) is 0 Å². The van der Waals surface area contributed by atoms with Crippen LogP contribution < -0.4 is 21.7 Å². The topological polar surface area (TPSA) is 319 Å². The number of fused-ring (bicyclic) bond motifs is 10. The molecule has 8 saturated carbocycles. The van der Waals surface area contributed by atoms with Gasteiger partial charge in [-0.25, -0.2) is 14.4 Å². The molecule has 24 atom stereocenters. The van der Waals surface area contributed by atoms with Gasteiger partial charge >= 0.3 is 18.0 Å². The summed E-state index contributed by atoms with van der Waals surface area (Å²) in [6.07, 6.45) is 13.7. The summed E-state index contributed by atoms with van der Waals surface area (Å²) in [5.41, 5.74) is 5.83. The summed E-state index contributed by atoms with van der Waals surface area (Å²) < 4.78 is 5.19. The summed E-state index contributed by atoms with van der Waals surface area (Å²) in [6.45, 7) is 14.4. The summed E-state index contributed by atoms with van der Waals surface area (Å²) >= 11 is 0. The summed E-state index contributed by atoms with van der Waals surface area (Å²) in [6, 6.07) is 7.50. The lowest BCUT2D eigenvalue weighted by atomic mass is 9.43. The number of nitrogens with two attached hydrogens (primary N) is 1. The van der Waals surface area contributed by atoms with Crippen LogP contribution >= 0.6 is 0 Å². The summed E-state index contributed by atoms with van der Waals surface area (Å²) in [4.78, 5) is 61.0. The lowest BCUT2D eigenvalue weighted by Crippen LogP contribution is -2.62. The molecule has 0 saturated heterocycles. The van der Waals surface area contributed by atoms with Gasteiger partial charge in [-0.1, -0.05) is 71.9 Å². The van der Waals surface area contributed by atoms with Crippen LogP contribution in [-0.2, 0) is 30.5 Å². The number of aliphatic hydroxyl groups excluding tert-OH is 6. The van der Waals surface area contributed by atoms with E-state index in [1.165, 1.54) is 0 Å². The van der Waals surface area contributed by atoms with Gasteiger partial charge < -0.3 is 67.3 Å². The molecule has 18 heteroatoms. The Labute approximate surface area is 511 Å². The van der Waals surface area contributed by atoms with E-state index < -0.39 is 54.5 Å². The number of carboxylic acids is 2. The quantitative estimate of drug-likeness (QED) is 0.0461. The molecular weight excluding hydrogens is 1100 g/mol. The SMILES string of the molecule is C[C@H](CCC(=O)NC(CCCCN)C(=O)O)[C@H]1CCC2[C@@H]3[C@H](O)C[C@@H]4C[C@H](O)CC[C@]4(C)[C@H]3C[C@H](O)[C@@]21C.C[C@H](CCC(=O)NC(CCCCNC(=O)OCc1ccccc1)C(=O)O)[C@H]1CCC2[C@@H]3[C@H](O)C[C@@H]4C[C@H](O)CC[C@]4(C)[C@H]3C[C@H](O)[C@@]21C. The third-order valence-electron chi connectivity index (χ3n) is 25.3. The number of aliphatic carboxylic acids is 2. The highest BCUT2D eigenvalue weighted by molar-refractivity contribution is 5.84. The van der Waals surface area contributed by atoms with E-state index in [9.17, 15) is 64.8 Å². The number of aliphatic hydroxyl groups is 6. The molecule has 0 aliphatic heterocycles. The smallest absolute Gasteiger partial charge is 0.407 e. The lowest BCUT2D eigenvalue weighted by molar-refractivity contribution is -0.207. The van der Waals surface area contributed by atoms with Crippen molar-refractivity contribution >= 4 is 29.8 Å². The third kappa shape index (κ3) is 14.5. The van der Waals surface area contributed by atoms with Crippen LogP contribution in [0, 0.1) is 92.7 Å². The number of carboxylic acid groups (broad SMARTS) is 2. The summed E-state index contributed by atoms with van der Waals surface area (Å²) in [5.74, 6) is 0.0711. The van der Waals surface area contributed by atoms with Crippen molar-refractivity contribution in [2.45, 2.75) is 251 Å². The van der Waals surface area contributed by atoms with Crippen molar-refractivity contribution in [1.29, 1.82) is 0 Å². The Morgan fingerprint density at radius 1 is 0.570 bits per heavy atom. The molecule has 8 fully saturated rings. The molecule has 486 valence electrons. The predicted molar refractivity (Wildman–Crippen MR) is 325 cm³/mol. The number of nitrogens with one attached hydrogen (secondary N) is 3. The van der Waals surface area contributed by atoms with Crippen molar-refractivity contribution in [2.24, 2.45) is 98.4 Å². The number of amides is 3. The van der Waals surface area contributed by atoms with Gasteiger partial charge in [-0.2, -0.15) is 0 Å². The van der Waals surface area contributed by atoms with Gasteiger partial charge in [0.05, 0.1) is 36.6 Å². The second kappa shape index (κ2) is 28.9. The van der Waals surface area contributed by atoms with Gasteiger partial charge in [0.2, 0.25) is 11.8 Å². The van der Waals surface area contributed by atoms with Gasteiger partial charge in [-0.3, -0.25) is 9.59 Å².